The number of hydrogen-bond donors (Lipinski definition) is 2. The second-order valence-electron chi connectivity index (χ2n) is 4.36. The molecule has 2 heterocycles. The Morgan fingerprint density at radius 3 is 3.05 bits per heavy atom. The number of carbonyl (C=O) groups is 1. The predicted octanol–water partition coefficient (Wildman–Crippen LogP) is 2.39. The van der Waals surface area contributed by atoms with Crippen molar-refractivity contribution in [3.05, 3.63) is 53.5 Å². The summed E-state index contributed by atoms with van der Waals surface area (Å²) in [6.07, 6.45) is 1.72. The third-order valence-corrected chi connectivity index (χ3v) is 2.94. The minimum absolute atomic E-state index is 0.127. The maximum Gasteiger partial charge on any atom is 0.253 e. The molecule has 0 radical (unpaired) electrons. The van der Waals surface area contributed by atoms with Gasteiger partial charge in [0.15, 0.2) is 0 Å². The Balaban J connectivity index is 1.77. The van der Waals surface area contributed by atoms with E-state index in [1.807, 2.05) is 31.2 Å². The molecule has 0 atom stereocenters. The second-order valence-corrected chi connectivity index (χ2v) is 4.36. The maximum atomic E-state index is 12.1. The molecule has 2 N–H and O–H groups in total. The van der Waals surface area contributed by atoms with Crippen LogP contribution in [0.3, 0.4) is 0 Å². The first kappa shape index (κ1) is 11.5. The Hall–Kier alpha value is -2.56. The average Bonchev–Trinajstić information content (AvgIpc) is 3.02. The van der Waals surface area contributed by atoms with Gasteiger partial charge in [-0.05, 0) is 13.0 Å². The van der Waals surface area contributed by atoms with E-state index in [0.717, 1.165) is 16.7 Å². The zero-order valence-electron chi connectivity index (χ0n) is 10.4. The minimum atomic E-state index is -0.127. The smallest absolute Gasteiger partial charge is 0.253 e. The van der Waals surface area contributed by atoms with Crippen molar-refractivity contribution >= 4 is 16.8 Å². The summed E-state index contributed by atoms with van der Waals surface area (Å²) in [4.78, 5) is 15.2. The summed E-state index contributed by atoms with van der Waals surface area (Å²) in [7, 11) is 0. The molecule has 5 nitrogen and oxygen atoms in total. The highest BCUT2D eigenvalue weighted by atomic mass is 16.5. The molecule has 3 aromatic rings. The van der Waals surface area contributed by atoms with Crippen molar-refractivity contribution in [2.24, 2.45) is 0 Å². The van der Waals surface area contributed by atoms with Gasteiger partial charge in [0.1, 0.15) is 11.5 Å². The summed E-state index contributed by atoms with van der Waals surface area (Å²) in [5.41, 5.74) is 2.30. The number of para-hydroxylation sites is 1. The fourth-order valence-electron chi connectivity index (χ4n) is 2.03. The van der Waals surface area contributed by atoms with Gasteiger partial charge in [-0.3, -0.25) is 4.79 Å². The van der Waals surface area contributed by atoms with Gasteiger partial charge in [-0.25, -0.2) is 0 Å². The standard InChI is InChI=1S/C14H13N3O2/c1-9-6-10(17-19-9)7-16-14(18)12-8-15-13-5-3-2-4-11(12)13/h2-6,8,15H,7H2,1H3,(H,16,18). The van der Waals surface area contributed by atoms with E-state index in [9.17, 15) is 4.79 Å². The van der Waals surface area contributed by atoms with Gasteiger partial charge in [0.25, 0.3) is 5.91 Å². The molecule has 0 aliphatic carbocycles. The fourth-order valence-corrected chi connectivity index (χ4v) is 2.03. The molecule has 0 fully saturated rings. The van der Waals surface area contributed by atoms with Crippen LogP contribution in [0.25, 0.3) is 10.9 Å². The Morgan fingerprint density at radius 1 is 1.42 bits per heavy atom. The van der Waals surface area contributed by atoms with Crippen molar-refractivity contribution in [3.8, 4) is 0 Å². The lowest BCUT2D eigenvalue weighted by atomic mass is 10.1. The van der Waals surface area contributed by atoms with E-state index in [-0.39, 0.29) is 5.91 Å². The van der Waals surface area contributed by atoms with E-state index in [0.29, 0.717) is 17.8 Å². The van der Waals surface area contributed by atoms with Crippen LogP contribution in [0.4, 0.5) is 0 Å². The number of hydrogen-bond acceptors (Lipinski definition) is 3. The number of aromatic amines is 1. The summed E-state index contributed by atoms with van der Waals surface area (Å²) in [5.74, 6) is 0.606. The number of fused-ring (bicyclic) bond motifs is 1. The van der Waals surface area contributed by atoms with Crippen LogP contribution in [0.15, 0.2) is 41.1 Å². The summed E-state index contributed by atoms with van der Waals surface area (Å²) in [6, 6.07) is 9.50. The minimum Gasteiger partial charge on any atom is -0.361 e. The highest BCUT2D eigenvalue weighted by Gasteiger charge is 2.11. The monoisotopic (exact) mass is 255 g/mol. The van der Waals surface area contributed by atoms with Crippen LogP contribution in [-0.2, 0) is 6.54 Å². The van der Waals surface area contributed by atoms with Gasteiger partial charge in [0.2, 0.25) is 0 Å². The Labute approximate surface area is 109 Å². The highest BCUT2D eigenvalue weighted by molar-refractivity contribution is 6.06. The van der Waals surface area contributed by atoms with E-state index in [2.05, 4.69) is 15.5 Å². The zero-order chi connectivity index (χ0) is 13.2. The van der Waals surface area contributed by atoms with E-state index in [4.69, 9.17) is 4.52 Å². The summed E-state index contributed by atoms with van der Waals surface area (Å²) < 4.78 is 4.95. The van der Waals surface area contributed by atoms with E-state index >= 15 is 0 Å². The first-order valence-electron chi connectivity index (χ1n) is 6.00. The maximum absolute atomic E-state index is 12.1. The first-order valence-corrected chi connectivity index (χ1v) is 6.00. The average molecular weight is 255 g/mol. The Kier molecular flexibility index (Phi) is 2.79. The third-order valence-electron chi connectivity index (χ3n) is 2.94. The normalized spacial score (nSPS) is 10.8. The second kappa shape index (κ2) is 4.61. The topological polar surface area (TPSA) is 70.9 Å². The molecule has 1 aromatic carbocycles. The molecule has 1 amide bonds. The summed E-state index contributed by atoms with van der Waals surface area (Å²) in [6.45, 7) is 2.17. The van der Waals surface area contributed by atoms with Crippen LogP contribution in [-0.4, -0.2) is 16.0 Å². The van der Waals surface area contributed by atoms with Crippen molar-refractivity contribution in [1.29, 1.82) is 0 Å². The molecule has 0 saturated carbocycles. The number of amides is 1. The summed E-state index contributed by atoms with van der Waals surface area (Å²) >= 11 is 0. The van der Waals surface area contributed by atoms with Crippen molar-refractivity contribution in [2.45, 2.75) is 13.5 Å². The molecule has 0 spiro atoms. The molecule has 19 heavy (non-hydrogen) atoms. The van der Waals surface area contributed by atoms with Gasteiger partial charge in [0.05, 0.1) is 12.1 Å². The number of H-pyrrole nitrogens is 1. The predicted molar refractivity (Wildman–Crippen MR) is 70.7 cm³/mol. The summed E-state index contributed by atoms with van der Waals surface area (Å²) in [5, 5.41) is 7.57. The van der Waals surface area contributed by atoms with Gasteiger partial charge in [0, 0.05) is 23.2 Å². The number of nitrogens with one attached hydrogen (secondary N) is 2. The van der Waals surface area contributed by atoms with Crippen LogP contribution in [0, 0.1) is 6.92 Å². The molecule has 96 valence electrons. The number of rotatable bonds is 3. The fraction of sp³-hybridized carbons (Fsp3) is 0.143. The van der Waals surface area contributed by atoms with Crippen LogP contribution in [0.5, 0.6) is 0 Å². The first-order chi connectivity index (χ1) is 9.24. The molecule has 0 aliphatic heterocycles. The largest absolute Gasteiger partial charge is 0.361 e. The van der Waals surface area contributed by atoms with Gasteiger partial charge in [-0.1, -0.05) is 23.4 Å². The third kappa shape index (κ3) is 2.22. The zero-order valence-corrected chi connectivity index (χ0v) is 10.4. The van der Waals surface area contributed by atoms with Crippen molar-refractivity contribution < 1.29 is 9.32 Å². The van der Waals surface area contributed by atoms with Gasteiger partial charge in [-0.15, -0.1) is 0 Å². The molecule has 0 bridgehead atoms. The molecule has 0 saturated heterocycles. The lowest BCUT2D eigenvalue weighted by Crippen LogP contribution is -2.22. The van der Waals surface area contributed by atoms with Crippen LogP contribution >= 0.6 is 0 Å². The van der Waals surface area contributed by atoms with Crippen LogP contribution in [0.1, 0.15) is 21.8 Å². The van der Waals surface area contributed by atoms with E-state index in [1.165, 1.54) is 0 Å². The number of nitrogens with zero attached hydrogens (tertiary/aromatic N) is 1. The van der Waals surface area contributed by atoms with Gasteiger partial charge >= 0.3 is 0 Å². The molecule has 0 unspecified atom stereocenters. The van der Waals surface area contributed by atoms with Crippen LogP contribution < -0.4 is 5.32 Å². The SMILES string of the molecule is Cc1cc(CNC(=O)c2c[nH]c3ccccc23)no1. The lowest BCUT2D eigenvalue weighted by molar-refractivity contribution is 0.0952. The van der Waals surface area contributed by atoms with Crippen molar-refractivity contribution in [3.63, 3.8) is 0 Å². The van der Waals surface area contributed by atoms with Crippen LogP contribution in [0.2, 0.25) is 0 Å². The number of aryl methyl sites for hydroxylation is 1. The molecule has 0 aliphatic rings. The lowest BCUT2D eigenvalue weighted by Gasteiger charge is -2.01. The highest BCUT2D eigenvalue weighted by Crippen LogP contribution is 2.17. The van der Waals surface area contributed by atoms with Crippen molar-refractivity contribution in [2.75, 3.05) is 0 Å². The number of aromatic nitrogens is 2. The van der Waals surface area contributed by atoms with E-state index in [1.54, 1.807) is 12.3 Å². The van der Waals surface area contributed by atoms with Gasteiger partial charge < -0.3 is 14.8 Å². The molecular formula is C14H13N3O2. The number of carbonyl (C=O) groups excluding carboxylic acids is 1. The van der Waals surface area contributed by atoms with Crippen molar-refractivity contribution in [1.82, 2.24) is 15.5 Å². The van der Waals surface area contributed by atoms with Gasteiger partial charge in [-0.2, -0.15) is 0 Å². The van der Waals surface area contributed by atoms with E-state index < -0.39 is 0 Å². The molecule has 5 heteroatoms. The quantitative estimate of drug-likeness (QED) is 0.755. The number of benzene rings is 1. The Bertz CT molecular complexity index is 727. The molecule has 3 rings (SSSR count). The molecular weight excluding hydrogens is 242 g/mol. The molecule has 2 aromatic heterocycles. The Morgan fingerprint density at radius 2 is 2.26 bits per heavy atom.